The SMILES string of the molecule is CCS(=O)(=O)c1ccc(CC(=O)Nc2ccc(C(=O)N(C)Cc3ccc(Cl)cc3)cc2)cc1. The fourth-order valence-corrected chi connectivity index (χ4v) is 4.23. The second kappa shape index (κ2) is 10.6. The molecule has 172 valence electrons. The molecule has 2 amide bonds. The van der Waals surface area contributed by atoms with E-state index in [0.29, 0.717) is 28.4 Å². The van der Waals surface area contributed by atoms with Gasteiger partial charge in [0.1, 0.15) is 0 Å². The first-order chi connectivity index (χ1) is 15.7. The van der Waals surface area contributed by atoms with Gasteiger partial charge in [-0.3, -0.25) is 9.59 Å². The molecule has 3 aromatic carbocycles. The van der Waals surface area contributed by atoms with Crippen molar-refractivity contribution in [2.45, 2.75) is 24.8 Å². The number of amides is 2. The van der Waals surface area contributed by atoms with Crippen molar-refractivity contribution in [2.75, 3.05) is 18.1 Å². The average Bonchev–Trinajstić information content (AvgIpc) is 2.81. The van der Waals surface area contributed by atoms with Crippen LogP contribution in [0.3, 0.4) is 0 Å². The van der Waals surface area contributed by atoms with Crippen LogP contribution in [0, 0.1) is 0 Å². The Labute approximate surface area is 199 Å². The Balaban J connectivity index is 1.56. The van der Waals surface area contributed by atoms with Crippen LogP contribution in [0.4, 0.5) is 5.69 Å². The summed E-state index contributed by atoms with van der Waals surface area (Å²) >= 11 is 5.90. The zero-order valence-electron chi connectivity index (χ0n) is 18.4. The van der Waals surface area contributed by atoms with Gasteiger partial charge in [-0.1, -0.05) is 42.8 Å². The van der Waals surface area contributed by atoms with E-state index in [4.69, 9.17) is 11.6 Å². The molecular weight excluding hydrogens is 460 g/mol. The Hall–Kier alpha value is -3.16. The normalized spacial score (nSPS) is 11.1. The predicted molar refractivity (Wildman–Crippen MR) is 130 cm³/mol. The molecule has 33 heavy (non-hydrogen) atoms. The minimum absolute atomic E-state index is 0.0300. The molecule has 0 saturated carbocycles. The van der Waals surface area contributed by atoms with Gasteiger partial charge < -0.3 is 10.2 Å². The third kappa shape index (κ3) is 6.66. The number of halogens is 1. The number of sulfone groups is 1. The zero-order chi connectivity index (χ0) is 24.0. The van der Waals surface area contributed by atoms with E-state index in [2.05, 4.69) is 5.32 Å². The largest absolute Gasteiger partial charge is 0.337 e. The number of nitrogens with zero attached hydrogens (tertiary/aromatic N) is 1. The summed E-state index contributed by atoms with van der Waals surface area (Å²) in [6.07, 6.45) is 0.108. The Morgan fingerprint density at radius 1 is 0.879 bits per heavy atom. The van der Waals surface area contributed by atoms with Gasteiger partial charge in [0.2, 0.25) is 5.91 Å². The lowest BCUT2D eigenvalue weighted by Gasteiger charge is -2.17. The van der Waals surface area contributed by atoms with Gasteiger partial charge in [0.05, 0.1) is 17.1 Å². The third-order valence-corrected chi connectivity index (χ3v) is 7.12. The highest BCUT2D eigenvalue weighted by molar-refractivity contribution is 7.91. The lowest BCUT2D eigenvalue weighted by Crippen LogP contribution is -2.26. The third-order valence-electron chi connectivity index (χ3n) is 5.12. The summed E-state index contributed by atoms with van der Waals surface area (Å²) in [5.41, 5.74) is 2.76. The molecule has 8 heteroatoms. The van der Waals surface area contributed by atoms with Crippen LogP contribution >= 0.6 is 11.6 Å². The summed E-state index contributed by atoms with van der Waals surface area (Å²) in [7, 11) is -1.54. The molecule has 0 bridgehead atoms. The summed E-state index contributed by atoms with van der Waals surface area (Å²) in [6, 6.07) is 20.3. The molecule has 3 rings (SSSR count). The van der Waals surface area contributed by atoms with Gasteiger partial charge in [0, 0.05) is 29.9 Å². The Morgan fingerprint density at radius 3 is 2.03 bits per heavy atom. The number of hydrogen-bond acceptors (Lipinski definition) is 4. The molecule has 1 N–H and O–H groups in total. The first-order valence-corrected chi connectivity index (χ1v) is 12.4. The van der Waals surface area contributed by atoms with Crippen LogP contribution in [0.5, 0.6) is 0 Å². The van der Waals surface area contributed by atoms with Crippen molar-refractivity contribution in [3.63, 3.8) is 0 Å². The summed E-state index contributed by atoms with van der Waals surface area (Å²) in [5.74, 6) is -0.340. The van der Waals surface area contributed by atoms with Gasteiger partial charge in [-0.15, -0.1) is 0 Å². The molecule has 0 unspecified atom stereocenters. The molecule has 0 saturated heterocycles. The van der Waals surface area contributed by atoms with Crippen molar-refractivity contribution in [1.29, 1.82) is 0 Å². The fourth-order valence-electron chi connectivity index (χ4n) is 3.22. The van der Waals surface area contributed by atoms with Crippen LogP contribution in [0.25, 0.3) is 0 Å². The number of carbonyl (C=O) groups is 2. The first kappa shape index (κ1) is 24.5. The molecule has 0 fully saturated rings. The summed E-state index contributed by atoms with van der Waals surface area (Å²) in [5, 5.41) is 3.44. The highest BCUT2D eigenvalue weighted by Gasteiger charge is 2.14. The van der Waals surface area contributed by atoms with Gasteiger partial charge in [-0.2, -0.15) is 0 Å². The van der Waals surface area contributed by atoms with E-state index in [1.54, 1.807) is 67.4 Å². The Kier molecular flexibility index (Phi) is 7.89. The maximum absolute atomic E-state index is 12.7. The average molecular weight is 485 g/mol. The minimum atomic E-state index is -3.27. The van der Waals surface area contributed by atoms with Gasteiger partial charge in [0.25, 0.3) is 5.91 Å². The second-order valence-electron chi connectivity index (χ2n) is 7.64. The predicted octanol–water partition coefficient (Wildman–Crippen LogP) is 4.59. The quantitative estimate of drug-likeness (QED) is 0.507. The van der Waals surface area contributed by atoms with E-state index < -0.39 is 9.84 Å². The highest BCUT2D eigenvalue weighted by atomic mass is 35.5. The van der Waals surface area contributed by atoms with Gasteiger partial charge in [-0.25, -0.2) is 8.42 Å². The summed E-state index contributed by atoms with van der Waals surface area (Å²) in [4.78, 5) is 26.9. The molecule has 3 aromatic rings. The number of hydrogen-bond donors (Lipinski definition) is 1. The first-order valence-electron chi connectivity index (χ1n) is 10.4. The molecule has 0 radical (unpaired) electrons. The van der Waals surface area contributed by atoms with E-state index >= 15 is 0 Å². The van der Waals surface area contributed by atoms with E-state index in [-0.39, 0.29) is 28.9 Å². The number of anilines is 1. The van der Waals surface area contributed by atoms with E-state index in [1.807, 2.05) is 12.1 Å². The van der Waals surface area contributed by atoms with Crippen LogP contribution in [0.2, 0.25) is 5.02 Å². The van der Waals surface area contributed by atoms with Crippen molar-refractivity contribution in [3.8, 4) is 0 Å². The zero-order valence-corrected chi connectivity index (χ0v) is 20.0. The van der Waals surface area contributed by atoms with Crippen LogP contribution in [0.1, 0.15) is 28.4 Å². The standard InChI is InChI=1S/C25H25ClN2O4S/c1-3-33(31,32)23-14-6-18(7-15-23)16-24(29)27-22-12-8-20(9-13-22)25(30)28(2)17-19-4-10-21(26)11-5-19/h4-15H,3,16-17H2,1-2H3,(H,27,29). The number of nitrogens with one attached hydrogen (secondary N) is 1. The van der Waals surface area contributed by atoms with Gasteiger partial charge >= 0.3 is 0 Å². The van der Waals surface area contributed by atoms with Crippen molar-refractivity contribution >= 4 is 38.9 Å². The molecule has 0 atom stereocenters. The highest BCUT2D eigenvalue weighted by Crippen LogP contribution is 2.16. The van der Waals surface area contributed by atoms with Crippen LogP contribution in [-0.4, -0.2) is 37.9 Å². The number of benzene rings is 3. The van der Waals surface area contributed by atoms with Crippen LogP contribution in [0.15, 0.2) is 77.7 Å². The number of rotatable bonds is 8. The molecule has 6 nitrogen and oxygen atoms in total. The maximum atomic E-state index is 12.7. The molecule has 0 aromatic heterocycles. The van der Waals surface area contributed by atoms with Gasteiger partial charge in [-0.05, 0) is 59.7 Å². The molecular formula is C25H25ClN2O4S. The van der Waals surface area contributed by atoms with Crippen molar-refractivity contribution in [3.05, 3.63) is 94.5 Å². The van der Waals surface area contributed by atoms with Crippen LogP contribution in [-0.2, 0) is 27.6 Å². The molecule has 0 aliphatic heterocycles. The summed E-state index contributed by atoms with van der Waals surface area (Å²) in [6.45, 7) is 2.04. The smallest absolute Gasteiger partial charge is 0.253 e. The van der Waals surface area contributed by atoms with Crippen molar-refractivity contribution in [1.82, 2.24) is 4.90 Å². The van der Waals surface area contributed by atoms with Crippen molar-refractivity contribution < 1.29 is 18.0 Å². The van der Waals surface area contributed by atoms with E-state index in [9.17, 15) is 18.0 Å². The van der Waals surface area contributed by atoms with Crippen molar-refractivity contribution in [2.24, 2.45) is 0 Å². The molecule has 0 spiro atoms. The topological polar surface area (TPSA) is 83.5 Å². The Bertz CT molecular complexity index is 1220. The molecule has 0 heterocycles. The fraction of sp³-hybridized carbons (Fsp3) is 0.200. The second-order valence-corrected chi connectivity index (χ2v) is 10.4. The molecule has 0 aliphatic carbocycles. The van der Waals surface area contributed by atoms with E-state index in [0.717, 1.165) is 5.56 Å². The number of carbonyl (C=O) groups excluding carboxylic acids is 2. The maximum Gasteiger partial charge on any atom is 0.253 e. The summed E-state index contributed by atoms with van der Waals surface area (Å²) < 4.78 is 23.8. The lowest BCUT2D eigenvalue weighted by atomic mass is 10.1. The van der Waals surface area contributed by atoms with E-state index in [1.165, 1.54) is 12.1 Å². The van der Waals surface area contributed by atoms with Crippen LogP contribution < -0.4 is 5.32 Å². The monoisotopic (exact) mass is 484 g/mol. The lowest BCUT2D eigenvalue weighted by molar-refractivity contribution is -0.115. The molecule has 0 aliphatic rings. The van der Waals surface area contributed by atoms with Gasteiger partial charge in [0.15, 0.2) is 9.84 Å². The minimum Gasteiger partial charge on any atom is -0.337 e. The Morgan fingerprint density at radius 2 is 1.45 bits per heavy atom.